The first kappa shape index (κ1) is 16.9. The first-order valence-electron chi connectivity index (χ1n) is 7.41. The molecule has 2 aromatic heterocycles. The summed E-state index contributed by atoms with van der Waals surface area (Å²) >= 11 is 0. The van der Waals surface area contributed by atoms with Crippen LogP contribution in [0.3, 0.4) is 0 Å². The summed E-state index contributed by atoms with van der Waals surface area (Å²) in [4.78, 5) is 14.6. The van der Waals surface area contributed by atoms with Gasteiger partial charge in [-0.3, -0.25) is 10.1 Å². The lowest BCUT2D eigenvalue weighted by Crippen LogP contribution is -2.07. The van der Waals surface area contributed by atoms with E-state index in [-0.39, 0.29) is 10.6 Å². The number of pyridine rings is 1. The molecule has 0 aliphatic heterocycles. The van der Waals surface area contributed by atoms with Gasteiger partial charge in [0.15, 0.2) is 9.84 Å². The lowest BCUT2D eigenvalue weighted by atomic mass is 10.2. The molecular weight excluding hydrogens is 344 g/mol. The maximum absolute atomic E-state index is 11.9. The average molecular weight is 360 g/mol. The number of aryl methyl sites for hydroxylation is 1. The smallest absolute Gasteiger partial charge is 0.270 e. The van der Waals surface area contributed by atoms with Gasteiger partial charge < -0.3 is 9.72 Å². The van der Waals surface area contributed by atoms with E-state index in [2.05, 4.69) is 10.3 Å². The van der Waals surface area contributed by atoms with E-state index >= 15 is 0 Å². The molecule has 0 atom stereocenters. The normalized spacial score (nSPS) is 11.6. The Hall–Kier alpha value is -2.94. The molecular formula is C16H16N4O4S. The Labute approximate surface area is 144 Å². The number of nitrogens with zero attached hydrogens (tertiary/aromatic N) is 3. The minimum absolute atomic E-state index is 0.110. The molecule has 3 aromatic rings. The summed E-state index contributed by atoms with van der Waals surface area (Å²) < 4.78 is 25.8. The second-order valence-corrected chi connectivity index (χ2v) is 7.68. The summed E-state index contributed by atoms with van der Waals surface area (Å²) in [7, 11) is -3.62. The average Bonchev–Trinajstić information content (AvgIpc) is 2.96. The highest BCUT2D eigenvalue weighted by Crippen LogP contribution is 2.26. The largest absolute Gasteiger partial charge is 0.378 e. The molecule has 0 saturated heterocycles. The number of fused-ring (bicyclic) bond motifs is 1. The molecule has 1 aromatic carbocycles. The molecule has 130 valence electrons. The van der Waals surface area contributed by atoms with Crippen molar-refractivity contribution in [3.63, 3.8) is 0 Å². The second kappa shape index (κ2) is 6.17. The van der Waals surface area contributed by atoms with Gasteiger partial charge in [0.05, 0.1) is 27.7 Å². The minimum atomic E-state index is -3.62. The standard InChI is InChI=1S/C16H16N4O4S/c1-11-4-3-5-16-18-12(10-19(11)16)9-17-14-7-6-13(20(21)22)8-15(14)25(2,23)24/h3-8,10,17H,9H2,1-2H3. The third-order valence-corrected chi connectivity index (χ3v) is 4.92. The van der Waals surface area contributed by atoms with Gasteiger partial charge in [0, 0.05) is 30.3 Å². The van der Waals surface area contributed by atoms with Crippen LogP contribution in [0.15, 0.2) is 47.5 Å². The molecule has 8 nitrogen and oxygen atoms in total. The first-order valence-corrected chi connectivity index (χ1v) is 9.31. The SMILES string of the molecule is Cc1cccc2nc(CNc3ccc([N+](=O)[O-])cc3S(C)(=O)=O)cn12. The van der Waals surface area contributed by atoms with Gasteiger partial charge in [0.1, 0.15) is 5.65 Å². The van der Waals surface area contributed by atoms with E-state index in [1.54, 1.807) is 0 Å². The molecule has 0 fully saturated rings. The molecule has 0 amide bonds. The zero-order chi connectivity index (χ0) is 18.2. The molecule has 3 rings (SSSR count). The highest BCUT2D eigenvalue weighted by molar-refractivity contribution is 7.90. The van der Waals surface area contributed by atoms with Crippen molar-refractivity contribution >= 4 is 26.9 Å². The zero-order valence-electron chi connectivity index (χ0n) is 13.6. The molecule has 9 heteroatoms. The van der Waals surface area contributed by atoms with Gasteiger partial charge in [-0.25, -0.2) is 13.4 Å². The Bertz CT molecular complexity index is 1070. The van der Waals surface area contributed by atoms with Gasteiger partial charge >= 0.3 is 0 Å². The second-order valence-electron chi connectivity index (χ2n) is 5.69. The predicted molar refractivity (Wildman–Crippen MR) is 93.5 cm³/mol. The number of imidazole rings is 1. The molecule has 0 bridgehead atoms. The fourth-order valence-electron chi connectivity index (χ4n) is 2.55. The zero-order valence-corrected chi connectivity index (χ0v) is 14.4. The third-order valence-electron chi connectivity index (χ3n) is 3.78. The quantitative estimate of drug-likeness (QED) is 0.553. The molecule has 0 saturated carbocycles. The Morgan fingerprint density at radius 3 is 2.68 bits per heavy atom. The van der Waals surface area contributed by atoms with Crippen LogP contribution in [0.25, 0.3) is 5.65 Å². The van der Waals surface area contributed by atoms with Crippen LogP contribution in [-0.2, 0) is 16.4 Å². The number of sulfone groups is 1. The molecule has 0 unspecified atom stereocenters. The van der Waals surface area contributed by atoms with Gasteiger partial charge in [0.2, 0.25) is 0 Å². The fourth-order valence-corrected chi connectivity index (χ4v) is 3.42. The van der Waals surface area contributed by atoms with Gasteiger partial charge in [-0.2, -0.15) is 0 Å². The van der Waals surface area contributed by atoms with Crippen LogP contribution in [0.4, 0.5) is 11.4 Å². The van der Waals surface area contributed by atoms with Crippen LogP contribution in [0.2, 0.25) is 0 Å². The first-order chi connectivity index (χ1) is 11.8. The summed E-state index contributed by atoms with van der Waals surface area (Å²) in [5.74, 6) is 0. The van der Waals surface area contributed by atoms with E-state index in [4.69, 9.17) is 0 Å². The van der Waals surface area contributed by atoms with Gasteiger partial charge in [-0.05, 0) is 25.1 Å². The maximum atomic E-state index is 11.9. The number of rotatable bonds is 5. The predicted octanol–water partition coefficient (Wildman–Crippen LogP) is 2.57. The van der Waals surface area contributed by atoms with Crippen LogP contribution >= 0.6 is 0 Å². The topological polar surface area (TPSA) is 107 Å². The van der Waals surface area contributed by atoms with Crippen LogP contribution in [-0.4, -0.2) is 29.0 Å². The number of hydrogen-bond acceptors (Lipinski definition) is 6. The molecule has 0 spiro atoms. The number of benzene rings is 1. The van der Waals surface area contributed by atoms with Crippen molar-refractivity contribution in [1.29, 1.82) is 0 Å². The minimum Gasteiger partial charge on any atom is -0.378 e. The highest BCUT2D eigenvalue weighted by Gasteiger charge is 2.18. The van der Waals surface area contributed by atoms with Crippen LogP contribution in [0, 0.1) is 17.0 Å². The van der Waals surface area contributed by atoms with E-state index in [0.29, 0.717) is 12.2 Å². The van der Waals surface area contributed by atoms with Crippen molar-refractivity contribution in [2.75, 3.05) is 11.6 Å². The van der Waals surface area contributed by atoms with Crippen molar-refractivity contribution in [3.8, 4) is 0 Å². The third kappa shape index (κ3) is 3.45. The van der Waals surface area contributed by atoms with Gasteiger partial charge in [-0.15, -0.1) is 0 Å². The van der Waals surface area contributed by atoms with E-state index in [1.807, 2.05) is 35.7 Å². The summed E-state index contributed by atoms with van der Waals surface area (Å²) in [5, 5.41) is 13.9. The fraction of sp³-hybridized carbons (Fsp3) is 0.188. The number of aromatic nitrogens is 2. The number of anilines is 1. The highest BCUT2D eigenvalue weighted by atomic mass is 32.2. The van der Waals surface area contributed by atoms with Crippen LogP contribution in [0.1, 0.15) is 11.4 Å². The molecule has 0 aliphatic rings. The van der Waals surface area contributed by atoms with Crippen molar-refractivity contribution in [2.24, 2.45) is 0 Å². The van der Waals surface area contributed by atoms with E-state index < -0.39 is 14.8 Å². The van der Waals surface area contributed by atoms with Gasteiger partial charge in [0.25, 0.3) is 5.69 Å². The van der Waals surface area contributed by atoms with Crippen LogP contribution in [0.5, 0.6) is 0 Å². The van der Waals surface area contributed by atoms with E-state index in [9.17, 15) is 18.5 Å². The summed E-state index contributed by atoms with van der Waals surface area (Å²) in [6.07, 6.45) is 2.88. The Kier molecular flexibility index (Phi) is 4.17. The van der Waals surface area contributed by atoms with Crippen molar-refractivity contribution in [2.45, 2.75) is 18.4 Å². The Balaban J connectivity index is 1.91. The molecule has 0 radical (unpaired) electrons. The van der Waals surface area contributed by atoms with Crippen molar-refractivity contribution < 1.29 is 13.3 Å². The number of nitro groups is 1. The molecule has 1 N–H and O–H groups in total. The Morgan fingerprint density at radius 1 is 1.28 bits per heavy atom. The summed E-state index contributed by atoms with van der Waals surface area (Å²) in [6, 6.07) is 9.48. The molecule has 2 heterocycles. The summed E-state index contributed by atoms with van der Waals surface area (Å²) in [6.45, 7) is 2.26. The lowest BCUT2D eigenvalue weighted by Gasteiger charge is -2.09. The Morgan fingerprint density at radius 2 is 2.04 bits per heavy atom. The van der Waals surface area contributed by atoms with E-state index in [0.717, 1.165) is 29.4 Å². The monoisotopic (exact) mass is 360 g/mol. The van der Waals surface area contributed by atoms with Crippen LogP contribution < -0.4 is 5.32 Å². The number of non-ortho nitro benzene ring substituents is 1. The summed E-state index contributed by atoms with van der Waals surface area (Å²) in [5.41, 5.74) is 2.59. The molecule has 0 aliphatic carbocycles. The lowest BCUT2D eigenvalue weighted by molar-refractivity contribution is -0.385. The number of nitro benzene ring substituents is 1. The number of nitrogens with one attached hydrogen (secondary N) is 1. The van der Waals surface area contributed by atoms with Gasteiger partial charge in [-0.1, -0.05) is 6.07 Å². The number of hydrogen-bond donors (Lipinski definition) is 1. The molecule has 25 heavy (non-hydrogen) atoms. The van der Waals surface area contributed by atoms with Crippen molar-refractivity contribution in [1.82, 2.24) is 9.38 Å². The van der Waals surface area contributed by atoms with Crippen molar-refractivity contribution in [3.05, 3.63) is 64.1 Å². The van der Waals surface area contributed by atoms with E-state index in [1.165, 1.54) is 12.1 Å². The maximum Gasteiger partial charge on any atom is 0.270 e.